The molecule has 0 aromatic rings. The average molecular weight is 198 g/mol. The molecule has 0 aliphatic carbocycles. The van der Waals surface area contributed by atoms with Crippen LogP contribution in [0.1, 0.15) is 27.2 Å². The standard InChI is InChI=1S/C11H22N2O/c1-4-11(14)10-7-12-5-6-13(10)9(3)8(12)2/h8-11,14H,4-7H2,1-3H3. The minimum atomic E-state index is -0.146. The minimum absolute atomic E-state index is 0.146. The Morgan fingerprint density at radius 3 is 2.57 bits per heavy atom. The molecule has 3 fully saturated rings. The van der Waals surface area contributed by atoms with Gasteiger partial charge in [0.2, 0.25) is 0 Å². The zero-order valence-corrected chi connectivity index (χ0v) is 9.48. The van der Waals surface area contributed by atoms with E-state index in [9.17, 15) is 5.11 Å². The van der Waals surface area contributed by atoms with E-state index in [1.807, 2.05) is 0 Å². The van der Waals surface area contributed by atoms with Crippen LogP contribution in [0.5, 0.6) is 0 Å². The van der Waals surface area contributed by atoms with Gasteiger partial charge in [0.25, 0.3) is 0 Å². The molecule has 0 aromatic heterocycles. The fourth-order valence-corrected chi connectivity index (χ4v) is 2.92. The van der Waals surface area contributed by atoms with Gasteiger partial charge >= 0.3 is 0 Å². The van der Waals surface area contributed by atoms with E-state index < -0.39 is 0 Å². The van der Waals surface area contributed by atoms with E-state index >= 15 is 0 Å². The Morgan fingerprint density at radius 2 is 2.00 bits per heavy atom. The number of aliphatic hydroxyl groups is 1. The molecule has 82 valence electrons. The van der Waals surface area contributed by atoms with Crippen molar-refractivity contribution in [2.24, 2.45) is 0 Å². The molecule has 2 bridgehead atoms. The lowest BCUT2D eigenvalue weighted by atomic mass is 9.92. The lowest BCUT2D eigenvalue weighted by molar-refractivity contribution is -0.101. The fraction of sp³-hybridized carbons (Fsp3) is 1.00. The van der Waals surface area contributed by atoms with Gasteiger partial charge < -0.3 is 5.11 Å². The predicted molar refractivity (Wildman–Crippen MR) is 57.3 cm³/mol. The number of piperazine rings is 3. The Kier molecular flexibility index (Phi) is 2.82. The highest BCUT2D eigenvalue weighted by atomic mass is 16.3. The smallest absolute Gasteiger partial charge is 0.0705 e. The molecule has 0 amide bonds. The third-order valence-electron chi connectivity index (χ3n) is 4.15. The summed E-state index contributed by atoms with van der Waals surface area (Å²) in [6.07, 6.45) is 0.726. The Bertz CT molecular complexity index is 207. The molecule has 3 aliphatic rings. The summed E-state index contributed by atoms with van der Waals surface area (Å²) in [6.45, 7) is 10.0. The maximum atomic E-state index is 9.94. The van der Waals surface area contributed by atoms with Crippen molar-refractivity contribution in [3.05, 3.63) is 0 Å². The predicted octanol–water partition coefficient (Wildman–Crippen LogP) is 0.534. The number of rotatable bonds is 2. The first kappa shape index (κ1) is 10.4. The first-order valence-electron chi connectivity index (χ1n) is 5.83. The number of hydrogen-bond acceptors (Lipinski definition) is 3. The Hall–Kier alpha value is -0.120. The summed E-state index contributed by atoms with van der Waals surface area (Å²) in [4.78, 5) is 5.02. The highest BCUT2D eigenvalue weighted by Gasteiger charge is 2.43. The monoisotopic (exact) mass is 198 g/mol. The third-order valence-corrected chi connectivity index (χ3v) is 4.15. The second-order valence-electron chi connectivity index (χ2n) is 4.76. The van der Waals surface area contributed by atoms with Crippen LogP contribution in [-0.4, -0.2) is 58.8 Å². The van der Waals surface area contributed by atoms with Gasteiger partial charge in [-0.1, -0.05) is 6.92 Å². The highest BCUT2D eigenvalue weighted by Crippen LogP contribution is 2.28. The van der Waals surface area contributed by atoms with Crippen LogP contribution < -0.4 is 0 Å². The lowest BCUT2D eigenvalue weighted by Crippen LogP contribution is -2.70. The Labute approximate surface area is 86.7 Å². The normalized spacial score (nSPS) is 49.3. The van der Waals surface area contributed by atoms with Crippen LogP contribution >= 0.6 is 0 Å². The first-order chi connectivity index (χ1) is 6.65. The summed E-state index contributed by atoms with van der Waals surface area (Å²) in [7, 11) is 0. The largest absolute Gasteiger partial charge is 0.391 e. The molecule has 0 aromatic carbocycles. The van der Waals surface area contributed by atoms with Gasteiger partial charge in [-0.25, -0.2) is 0 Å². The molecule has 6 unspecified atom stereocenters. The van der Waals surface area contributed by atoms with Gasteiger partial charge in [-0.15, -0.1) is 0 Å². The topological polar surface area (TPSA) is 26.7 Å². The molecule has 3 saturated heterocycles. The summed E-state index contributed by atoms with van der Waals surface area (Å²) < 4.78 is 0. The minimum Gasteiger partial charge on any atom is -0.391 e. The quantitative estimate of drug-likeness (QED) is 0.701. The van der Waals surface area contributed by atoms with Crippen molar-refractivity contribution in [1.82, 2.24) is 9.80 Å². The molecule has 0 radical (unpaired) electrons. The fourth-order valence-electron chi connectivity index (χ4n) is 2.92. The van der Waals surface area contributed by atoms with Crippen molar-refractivity contribution < 1.29 is 5.11 Å². The van der Waals surface area contributed by atoms with Crippen LogP contribution in [0, 0.1) is 0 Å². The van der Waals surface area contributed by atoms with Crippen LogP contribution in [0.15, 0.2) is 0 Å². The molecule has 14 heavy (non-hydrogen) atoms. The Morgan fingerprint density at radius 1 is 1.29 bits per heavy atom. The zero-order chi connectivity index (χ0) is 10.3. The summed E-state index contributed by atoms with van der Waals surface area (Å²) in [5.74, 6) is 0. The lowest BCUT2D eigenvalue weighted by Gasteiger charge is -2.56. The summed E-state index contributed by atoms with van der Waals surface area (Å²) in [5, 5.41) is 9.94. The van der Waals surface area contributed by atoms with Crippen LogP contribution in [0.2, 0.25) is 0 Å². The summed E-state index contributed by atoms with van der Waals surface area (Å²) in [5.41, 5.74) is 0. The second kappa shape index (κ2) is 3.80. The van der Waals surface area contributed by atoms with E-state index in [0.717, 1.165) is 19.5 Å². The molecule has 3 aliphatic heterocycles. The SMILES string of the molecule is CCC(O)C1CN2CCN1C(C)C2C. The summed E-state index contributed by atoms with van der Waals surface area (Å²) >= 11 is 0. The van der Waals surface area contributed by atoms with Gasteiger partial charge in [-0.2, -0.15) is 0 Å². The van der Waals surface area contributed by atoms with E-state index in [4.69, 9.17) is 0 Å². The van der Waals surface area contributed by atoms with Crippen LogP contribution in [-0.2, 0) is 0 Å². The molecular formula is C11H22N2O. The van der Waals surface area contributed by atoms with Gasteiger partial charge in [0.05, 0.1) is 6.10 Å². The Balaban J connectivity index is 2.10. The summed E-state index contributed by atoms with van der Waals surface area (Å²) in [6, 6.07) is 1.63. The molecule has 3 nitrogen and oxygen atoms in total. The van der Waals surface area contributed by atoms with Gasteiger partial charge in [0, 0.05) is 37.8 Å². The van der Waals surface area contributed by atoms with E-state index in [1.54, 1.807) is 0 Å². The average Bonchev–Trinajstić information content (AvgIpc) is 2.23. The van der Waals surface area contributed by atoms with E-state index in [0.29, 0.717) is 18.1 Å². The molecule has 0 spiro atoms. The second-order valence-corrected chi connectivity index (χ2v) is 4.76. The van der Waals surface area contributed by atoms with Crippen molar-refractivity contribution in [3.8, 4) is 0 Å². The van der Waals surface area contributed by atoms with E-state index in [2.05, 4.69) is 30.6 Å². The van der Waals surface area contributed by atoms with Crippen molar-refractivity contribution in [3.63, 3.8) is 0 Å². The molecule has 3 heteroatoms. The van der Waals surface area contributed by atoms with E-state index in [1.165, 1.54) is 6.54 Å². The van der Waals surface area contributed by atoms with Crippen LogP contribution in [0.3, 0.4) is 0 Å². The van der Waals surface area contributed by atoms with Gasteiger partial charge in [0.1, 0.15) is 0 Å². The van der Waals surface area contributed by atoms with Crippen LogP contribution in [0.4, 0.5) is 0 Å². The molecule has 0 saturated carbocycles. The van der Waals surface area contributed by atoms with Crippen molar-refractivity contribution in [2.75, 3.05) is 19.6 Å². The van der Waals surface area contributed by atoms with Crippen molar-refractivity contribution in [2.45, 2.75) is 51.4 Å². The third kappa shape index (κ3) is 1.47. The van der Waals surface area contributed by atoms with Gasteiger partial charge in [-0.3, -0.25) is 9.80 Å². The number of fused-ring (bicyclic) bond motifs is 3. The number of hydrogen-bond donors (Lipinski definition) is 1. The van der Waals surface area contributed by atoms with E-state index in [-0.39, 0.29) is 6.10 Å². The molecule has 3 rings (SSSR count). The zero-order valence-electron chi connectivity index (χ0n) is 9.48. The van der Waals surface area contributed by atoms with Gasteiger partial charge in [0.15, 0.2) is 0 Å². The first-order valence-corrected chi connectivity index (χ1v) is 5.83. The molecule has 6 atom stereocenters. The van der Waals surface area contributed by atoms with Crippen molar-refractivity contribution in [1.29, 1.82) is 0 Å². The maximum absolute atomic E-state index is 9.94. The number of nitrogens with zero attached hydrogens (tertiary/aromatic N) is 2. The van der Waals surface area contributed by atoms with Gasteiger partial charge in [-0.05, 0) is 20.3 Å². The molecular weight excluding hydrogens is 176 g/mol. The van der Waals surface area contributed by atoms with Crippen LogP contribution in [0.25, 0.3) is 0 Å². The molecule has 1 N–H and O–H groups in total. The highest BCUT2D eigenvalue weighted by molar-refractivity contribution is 4.99. The maximum Gasteiger partial charge on any atom is 0.0705 e. The molecule has 3 heterocycles. The number of aliphatic hydroxyl groups excluding tert-OH is 1. The van der Waals surface area contributed by atoms with Crippen molar-refractivity contribution >= 4 is 0 Å².